The van der Waals surface area contributed by atoms with Gasteiger partial charge < -0.3 is 14.8 Å². The van der Waals surface area contributed by atoms with Gasteiger partial charge in [-0.05, 0) is 52.2 Å². The maximum Gasteiger partial charge on any atom is 0.291 e. The first-order valence-electron chi connectivity index (χ1n) is 9.77. The minimum atomic E-state index is -0.373. The molecule has 0 bridgehead atoms. The molecule has 0 atom stereocenters. The topological polar surface area (TPSA) is 84.3 Å². The molecule has 1 aromatic heterocycles. The first-order chi connectivity index (χ1) is 13.5. The zero-order valence-electron chi connectivity index (χ0n) is 16.6. The monoisotopic (exact) mass is 382 g/mol. The number of imidazole rings is 1. The van der Waals surface area contributed by atoms with E-state index in [2.05, 4.69) is 10.3 Å². The van der Waals surface area contributed by atoms with Crippen LogP contribution in [0.2, 0.25) is 0 Å². The van der Waals surface area contributed by atoms with Crippen LogP contribution in [0.5, 0.6) is 0 Å². The second-order valence-electron chi connectivity index (χ2n) is 6.91. The van der Waals surface area contributed by atoms with Crippen molar-refractivity contribution in [2.75, 3.05) is 18.4 Å². The smallest absolute Gasteiger partial charge is 0.291 e. The molecule has 3 rings (SSSR count). The van der Waals surface area contributed by atoms with E-state index in [1.54, 1.807) is 29.2 Å². The second kappa shape index (κ2) is 8.37. The molecule has 28 heavy (non-hydrogen) atoms. The number of nitrogens with one attached hydrogen (secondary N) is 1. The van der Waals surface area contributed by atoms with Crippen molar-refractivity contribution >= 4 is 23.3 Å². The van der Waals surface area contributed by atoms with E-state index in [1.807, 2.05) is 18.4 Å². The number of carbonyl (C=O) groups is 3. The number of anilines is 1. The summed E-state index contributed by atoms with van der Waals surface area (Å²) in [6.45, 7) is 7.21. The van der Waals surface area contributed by atoms with E-state index in [0.717, 1.165) is 25.0 Å². The lowest BCUT2D eigenvalue weighted by molar-refractivity contribution is 0.0765. The molecule has 2 heterocycles. The molecule has 0 spiro atoms. The molecule has 2 aromatic rings. The Bertz CT molecular complexity index is 912. The molecule has 1 aromatic carbocycles. The Morgan fingerprint density at radius 1 is 1.18 bits per heavy atom. The second-order valence-corrected chi connectivity index (χ2v) is 6.91. The molecule has 1 aliphatic heterocycles. The molecule has 2 amide bonds. The molecule has 0 saturated carbocycles. The lowest BCUT2D eigenvalue weighted by Gasteiger charge is -2.20. The number of hydrogen-bond acceptors (Lipinski definition) is 4. The van der Waals surface area contributed by atoms with Crippen molar-refractivity contribution in [3.05, 3.63) is 47.0 Å². The molecule has 7 nitrogen and oxygen atoms in total. The van der Waals surface area contributed by atoms with Crippen molar-refractivity contribution in [1.29, 1.82) is 0 Å². The average molecular weight is 382 g/mol. The number of nitrogens with zero attached hydrogens (tertiary/aromatic N) is 3. The first kappa shape index (κ1) is 19.8. The lowest BCUT2D eigenvalue weighted by atomic mass is 10.1. The van der Waals surface area contributed by atoms with Gasteiger partial charge in [0, 0.05) is 30.9 Å². The Morgan fingerprint density at radius 3 is 2.61 bits per heavy atom. The summed E-state index contributed by atoms with van der Waals surface area (Å²) in [6.07, 6.45) is 2.66. The van der Waals surface area contributed by atoms with Crippen LogP contribution in [0.25, 0.3) is 0 Å². The van der Waals surface area contributed by atoms with Crippen LogP contribution in [0.4, 0.5) is 5.69 Å². The van der Waals surface area contributed by atoms with Gasteiger partial charge in [-0.25, -0.2) is 4.98 Å². The van der Waals surface area contributed by atoms with Crippen LogP contribution in [0.1, 0.15) is 70.8 Å². The maximum absolute atomic E-state index is 12.9. The molecule has 7 heteroatoms. The highest BCUT2D eigenvalue weighted by atomic mass is 16.2. The SMILES string of the molecule is CCN(CC)C(=O)c1nc(C(=O)Nc2cccc(C(C)=O)c2)n2c1CCCC2. The molecule has 0 unspecified atom stereocenters. The van der Waals surface area contributed by atoms with Gasteiger partial charge in [0.15, 0.2) is 11.6 Å². The van der Waals surface area contributed by atoms with E-state index >= 15 is 0 Å². The highest BCUT2D eigenvalue weighted by Crippen LogP contribution is 2.23. The highest BCUT2D eigenvalue weighted by Gasteiger charge is 2.29. The Labute approximate surface area is 164 Å². The number of ketones is 1. The third-order valence-corrected chi connectivity index (χ3v) is 5.10. The number of carbonyl (C=O) groups excluding carboxylic acids is 3. The van der Waals surface area contributed by atoms with Gasteiger partial charge in [-0.1, -0.05) is 12.1 Å². The normalized spacial score (nSPS) is 13.0. The van der Waals surface area contributed by atoms with Crippen LogP contribution in [-0.2, 0) is 13.0 Å². The van der Waals surface area contributed by atoms with Crippen molar-refractivity contribution in [3.63, 3.8) is 0 Å². The molecule has 0 radical (unpaired) electrons. The molecular formula is C21H26N4O3. The fourth-order valence-corrected chi connectivity index (χ4v) is 3.55. The number of fused-ring (bicyclic) bond motifs is 1. The Balaban J connectivity index is 1.93. The highest BCUT2D eigenvalue weighted by molar-refractivity contribution is 6.04. The molecule has 0 aliphatic carbocycles. The number of rotatable bonds is 6. The van der Waals surface area contributed by atoms with E-state index < -0.39 is 0 Å². The number of benzene rings is 1. The van der Waals surface area contributed by atoms with Gasteiger partial charge in [0.1, 0.15) is 5.69 Å². The van der Waals surface area contributed by atoms with Crippen LogP contribution in [0, 0.1) is 0 Å². The first-order valence-corrected chi connectivity index (χ1v) is 9.77. The third-order valence-electron chi connectivity index (χ3n) is 5.10. The maximum atomic E-state index is 12.9. The van der Waals surface area contributed by atoms with Gasteiger partial charge in [-0.2, -0.15) is 0 Å². The average Bonchev–Trinajstić information content (AvgIpc) is 3.09. The fourth-order valence-electron chi connectivity index (χ4n) is 3.55. The van der Waals surface area contributed by atoms with E-state index in [1.165, 1.54) is 6.92 Å². The van der Waals surface area contributed by atoms with Gasteiger partial charge in [0.2, 0.25) is 0 Å². The summed E-state index contributed by atoms with van der Waals surface area (Å²) in [7, 11) is 0. The summed E-state index contributed by atoms with van der Waals surface area (Å²) in [5.74, 6) is -0.324. The van der Waals surface area contributed by atoms with E-state index in [-0.39, 0.29) is 23.4 Å². The van der Waals surface area contributed by atoms with Crippen LogP contribution in [0.3, 0.4) is 0 Å². The molecular weight excluding hydrogens is 356 g/mol. The molecule has 1 aliphatic rings. The Morgan fingerprint density at radius 2 is 1.93 bits per heavy atom. The van der Waals surface area contributed by atoms with Crippen molar-refractivity contribution in [3.8, 4) is 0 Å². The van der Waals surface area contributed by atoms with Gasteiger partial charge in [-0.3, -0.25) is 14.4 Å². The van der Waals surface area contributed by atoms with E-state index in [0.29, 0.717) is 36.6 Å². The summed E-state index contributed by atoms with van der Waals surface area (Å²) >= 11 is 0. The van der Waals surface area contributed by atoms with Crippen molar-refractivity contribution in [2.24, 2.45) is 0 Å². The predicted octanol–water partition coefficient (Wildman–Crippen LogP) is 3.16. The van der Waals surface area contributed by atoms with E-state index in [4.69, 9.17) is 0 Å². The molecule has 1 N–H and O–H groups in total. The zero-order valence-corrected chi connectivity index (χ0v) is 16.6. The molecule has 0 saturated heterocycles. The predicted molar refractivity (Wildman–Crippen MR) is 107 cm³/mol. The van der Waals surface area contributed by atoms with Crippen molar-refractivity contribution in [2.45, 2.75) is 46.6 Å². The van der Waals surface area contributed by atoms with Gasteiger partial charge >= 0.3 is 0 Å². The Hall–Kier alpha value is -2.96. The quantitative estimate of drug-likeness (QED) is 0.778. The number of hydrogen-bond donors (Lipinski definition) is 1. The van der Waals surface area contributed by atoms with Gasteiger partial charge in [0.25, 0.3) is 11.8 Å². The number of Topliss-reactive ketones (excluding diaryl/α,β-unsaturated/α-hetero) is 1. The Kier molecular flexibility index (Phi) is 5.92. The van der Waals surface area contributed by atoms with Crippen LogP contribution in [-0.4, -0.2) is 45.1 Å². The summed E-state index contributed by atoms with van der Waals surface area (Å²) in [5.41, 5.74) is 2.28. The van der Waals surface area contributed by atoms with E-state index in [9.17, 15) is 14.4 Å². The summed E-state index contributed by atoms with van der Waals surface area (Å²) in [5, 5.41) is 2.81. The number of aromatic nitrogens is 2. The van der Waals surface area contributed by atoms with Crippen LogP contribution < -0.4 is 5.32 Å². The lowest BCUT2D eigenvalue weighted by Crippen LogP contribution is -2.31. The molecule has 148 valence electrons. The van der Waals surface area contributed by atoms with Crippen molar-refractivity contribution < 1.29 is 14.4 Å². The largest absolute Gasteiger partial charge is 0.338 e. The van der Waals surface area contributed by atoms with Crippen LogP contribution in [0.15, 0.2) is 24.3 Å². The number of amides is 2. The third kappa shape index (κ3) is 3.83. The minimum Gasteiger partial charge on any atom is -0.338 e. The fraction of sp³-hybridized carbons (Fsp3) is 0.429. The summed E-state index contributed by atoms with van der Waals surface area (Å²) < 4.78 is 1.87. The zero-order chi connectivity index (χ0) is 20.3. The van der Waals surface area contributed by atoms with Crippen molar-refractivity contribution in [1.82, 2.24) is 14.5 Å². The van der Waals surface area contributed by atoms with Crippen LogP contribution >= 0.6 is 0 Å². The van der Waals surface area contributed by atoms with Gasteiger partial charge in [0.05, 0.1) is 5.69 Å². The van der Waals surface area contributed by atoms with Gasteiger partial charge in [-0.15, -0.1) is 0 Å². The summed E-state index contributed by atoms with van der Waals surface area (Å²) in [6, 6.07) is 6.80. The minimum absolute atomic E-state index is 0.0682. The summed E-state index contributed by atoms with van der Waals surface area (Å²) in [4.78, 5) is 43.5. The molecule has 0 fully saturated rings. The standard InChI is InChI=1S/C21H26N4O3/c1-4-24(5-2)21(28)18-17-11-6-7-12-25(17)19(23-18)20(27)22-16-10-8-9-15(13-16)14(3)26/h8-10,13H,4-7,11-12H2,1-3H3,(H,22,27).